The number of carboxylic acid groups (broad SMARTS) is 1. The highest BCUT2D eigenvalue weighted by Crippen LogP contribution is 2.07. The average molecular weight is 282 g/mol. The Morgan fingerprint density at radius 3 is 2.35 bits per heavy atom. The van der Waals surface area contributed by atoms with Crippen molar-refractivity contribution in [3.63, 3.8) is 0 Å². The van der Waals surface area contributed by atoms with Gasteiger partial charge >= 0.3 is 5.97 Å². The first-order valence-electron chi connectivity index (χ1n) is 6.41. The van der Waals surface area contributed by atoms with Gasteiger partial charge in [0, 0.05) is 0 Å². The van der Waals surface area contributed by atoms with E-state index in [1.165, 1.54) is 0 Å². The molecule has 0 aromatic heterocycles. The third-order valence-electron chi connectivity index (χ3n) is 2.31. The van der Waals surface area contributed by atoms with E-state index in [0.717, 1.165) is 12.8 Å². The summed E-state index contributed by atoms with van der Waals surface area (Å²) in [4.78, 5) is 20.3. The first-order chi connectivity index (χ1) is 9.47. The quantitative estimate of drug-likeness (QED) is 0.693. The summed E-state index contributed by atoms with van der Waals surface area (Å²) in [7, 11) is 0. The minimum Gasteiger partial charge on any atom is -0.484 e. The SMILES string of the molecule is CCCC[C@H](N)C(=O)O.NC(=O)COc1ccccc1. The molecule has 0 aliphatic carbocycles. The number of nitrogens with two attached hydrogens (primary N) is 2. The van der Waals surface area contributed by atoms with E-state index < -0.39 is 17.9 Å². The molecule has 0 aliphatic rings. The lowest BCUT2D eigenvalue weighted by atomic mass is 10.1. The number of amides is 1. The molecule has 1 amide bonds. The second-order valence-corrected chi connectivity index (χ2v) is 4.15. The summed E-state index contributed by atoms with van der Waals surface area (Å²) < 4.78 is 4.99. The van der Waals surface area contributed by atoms with E-state index in [-0.39, 0.29) is 6.61 Å². The van der Waals surface area contributed by atoms with E-state index >= 15 is 0 Å². The zero-order valence-corrected chi connectivity index (χ0v) is 11.6. The molecule has 1 aromatic carbocycles. The lowest BCUT2D eigenvalue weighted by molar-refractivity contribution is -0.138. The number of hydrogen-bond donors (Lipinski definition) is 3. The zero-order valence-electron chi connectivity index (χ0n) is 11.6. The number of aliphatic carboxylic acids is 1. The van der Waals surface area contributed by atoms with E-state index in [4.69, 9.17) is 21.3 Å². The van der Waals surface area contributed by atoms with Crippen molar-refractivity contribution in [3.8, 4) is 5.75 Å². The van der Waals surface area contributed by atoms with Crippen LogP contribution >= 0.6 is 0 Å². The molecule has 1 atom stereocenters. The number of rotatable bonds is 7. The lowest BCUT2D eigenvalue weighted by Crippen LogP contribution is -2.29. The van der Waals surface area contributed by atoms with Crippen molar-refractivity contribution in [1.29, 1.82) is 0 Å². The first kappa shape index (κ1) is 17.9. The van der Waals surface area contributed by atoms with Crippen LogP contribution in [0.4, 0.5) is 0 Å². The van der Waals surface area contributed by atoms with Crippen LogP contribution in [0.3, 0.4) is 0 Å². The predicted octanol–water partition coefficient (Wildman–Crippen LogP) is 1.14. The van der Waals surface area contributed by atoms with Gasteiger partial charge in [-0.2, -0.15) is 0 Å². The second kappa shape index (κ2) is 10.8. The summed E-state index contributed by atoms with van der Waals surface area (Å²) in [6.45, 7) is 1.94. The fourth-order valence-corrected chi connectivity index (χ4v) is 1.22. The van der Waals surface area contributed by atoms with Gasteiger partial charge in [-0.3, -0.25) is 9.59 Å². The van der Waals surface area contributed by atoms with Crippen LogP contribution in [0.1, 0.15) is 26.2 Å². The summed E-state index contributed by atoms with van der Waals surface area (Å²) >= 11 is 0. The summed E-state index contributed by atoms with van der Waals surface area (Å²) in [5.41, 5.74) is 10.1. The van der Waals surface area contributed by atoms with Crippen LogP contribution < -0.4 is 16.2 Å². The van der Waals surface area contributed by atoms with E-state index in [2.05, 4.69) is 0 Å². The predicted molar refractivity (Wildman–Crippen MR) is 76.3 cm³/mol. The largest absolute Gasteiger partial charge is 0.484 e. The normalized spacial score (nSPS) is 10.9. The molecule has 1 rings (SSSR count). The molecule has 0 spiro atoms. The number of carbonyl (C=O) groups is 2. The zero-order chi connectivity index (χ0) is 15.4. The molecule has 0 saturated carbocycles. The van der Waals surface area contributed by atoms with E-state index in [1.807, 2.05) is 25.1 Å². The maximum atomic E-state index is 10.3. The smallest absolute Gasteiger partial charge is 0.320 e. The summed E-state index contributed by atoms with van der Waals surface area (Å²) in [5.74, 6) is -0.705. The Hall–Kier alpha value is -2.08. The van der Waals surface area contributed by atoms with Gasteiger partial charge in [0.2, 0.25) is 0 Å². The maximum Gasteiger partial charge on any atom is 0.320 e. The molecule has 112 valence electrons. The number of hydrogen-bond acceptors (Lipinski definition) is 4. The highest BCUT2D eigenvalue weighted by atomic mass is 16.5. The number of carboxylic acids is 1. The molecule has 1 aromatic rings. The first-order valence-corrected chi connectivity index (χ1v) is 6.41. The third-order valence-corrected chi connectivity index (χ3v) is 2.31. The van der Waals surface area contributed by atoms with Gasteiger partial charge in [0.1, 0.15) is 11.8 Å². The third kappa shape index (κ3) is 9.90. The Labute approximate surface area is 118 Å². The average Bonchev–Trinajstić information content (AvgIpc) is 2.44. The van der Waals surface area contributed by atoms with Crippen LogP contribution in [0.2, 0.25) is 0 Å². The van der Waals surface area contributed by atoms with Crippen LogP contribution in [-0.4, -0.2) is 29.6 Å². The van der Waals surface area contributed by atoms with Gasteiger partial charge in [0.05, 0.1) is 0 Å². The summed E-state index contributed by atoms with van der Waals surface area (Å²) in [6.07, 6.45) is 2.49. The van der Waals surface area contributed by atoms with Gasteiger partial charge in [-0.25, -0.2) is 0 Å². The molecule has 0 aliphatic heterocycles. The lowest BCUT2D eigenvalue weighted by Gasteiger charge is -2.02. The van der Waals surface area contributed by atoms with Crippen LogP contribution in [0.15, 0.2) is 30.3 Å². The molecular weight excluding hydrogens is 260 g/mol. The van der Waals surface area contributed by atoms with Crippen molar-refractivity contribution in [1.82, 2.24) is 0 Å². The minimum atomic E-state index is -0.900. The van der Waals surface area contributed by atoms with Gasteiger partial charge < -0.3 is 21.3 Å². The molecular formula is C14H22N2O4. The molecule has 0 radical (unpaired) electrons. The summed E-state index contributed by atoms with van der Waals surface area (Å²) in [6, 6.07) is 8.40. The van der Waals surface area contributed by atoms with Crippen molar-refractivity contribution < 1.29 is 19.4 Å². The Bertz CT molecular complexity index is 395. The summed E-state index contributed by atoms with van der Waals surface area (Å²) in [5, 5.41) is 8.28. The van der Waals surface area contributed by atoms with Crippen LogP contribution in [-0.2, 0) is 9.59 Å². The van der Waals surface area contributed by atoms with Crippen molar-refractivity contribution in [2.45, 2.75) is 32.2 Å². The molecule has 0 unspecified atom stereocenters. The molecule has 0 heterocycles. The second-order valence-electron chi connectivity index (χ2n) is 4.15. The van der Waals surface area contributed by atoms with Crippen LogP contribution in [0, 0.1) is 0 Å². The Morgan fingerprint density at radius 2 is 1.90 bits per heavy atom. The number of carbonyl (C=O) groups excluding carboxylic acids is 1. The molecule has 0 saturated heterocycles. The van der Waals surface area contributed by atoms with Gasteiger partial charge in [0.15, 0.2) is 6.61 Å². The van der Waals surface area contributed by atoms with Gasteiger partial charge in [0.25, 0.3) is 5.91 Å². The Kier molecular flexibility index (Phi) is 9.68. The highest BCUT2D eigenvalue weighted by Gasteiger charge is 2.08. The highest BCUT2D eigenvalue weighted by molar-refractivity contribution is 5.75. The van der Waals surface area contributed by atoms with E-state index in [0.29, 0.717) is 12.2 Å². The number of ether oxygens (including phenoxy) is 1. The monoisotopic (exact) mass is 282 g/mol. The molecule has 20 heavy (non-hydrogen) atoms. The molecule has 6 heteroatoms. The Morgan fingerprint density at radius 1 is 1.30 bits per heavy atom. The van der Waals surface area contributed by atoms with Crippen molar-refractivity contribution >= 4 is 11.9 Å². The maximum absolute atomic E-state index is 10.3. The minimum absolute atomic E-state index is 0.0655. The van der Waals surface area contributed by atoms with Crippen molar-refractivity contribution in [2.75, 3.05) is 6.61 Å². The topological polar surface area (TPSA) is 116 Å². The number of benzene rings is 1. The van der Waals surface area contributed by atoms with Crippen LogP contribution in [0.25, 0.3) is 0 Å². The fourth-order valence-electron chi connectivity index (χ4n) is 1.22. The van der Waals surface area contributed by atoms with Gasteiger partial charge in [-0.05, 0) is 18.6 Å². The van der Waals surface area contributed by atoms with Crippen LogP contribution in [0.5, 0.6) is 5.75 Å². The molecule has 5 N–H and O–H groups in total. The van der Waals surface area contributed by atoms with E-state index in [1.54, 1.807) is 12.1 Å². The van der Waals surface area contributed by atoms with Crippen molar-refractivity contribution in [2.24, 2.45) is 11.5 Å². The number of primary amides is 1. The Balaban J connectivity index is 0.000000370. The molecule has 0 bridgehead atoms. The standard InChI is InChI=1S/C8H9NO2.C6H13NO2/c9-8(10)6-11-7-4-2-1-3-5-7;1-2-3-4-5(7)6(8)9/h1-5H,6H2,(H2,9,10);5H,2-4,7H2,1H3,(H,8,9)/t;5-/m.0/s1. The molecule has 6 nitrogen and oxygen atoms in total. The molecule has 0 fully saturated rings. The number of unbranched alkanes of at least 4 members (excludes halogenated alkanes) is 1. The fraction of sp³-hybridized carbons (Fsp3) is 0.429. The van der Waals surface area contributed by atoms with E-state index in [9.17, 15) is 9.59 Å². The van der Waals surface area contributed by atoms with Crippen molar-refractivity contribution in [3.05, 3.63) is 30.3 Å². The number of para-hydroxylation sites is 1. The van der Waals surface area contributed by atoms with Gasteiger partial charge in [-0.1, -0.05) is 38.0 Å². The van der Waals surface area contributed by atoms with Gasteiger partial charge in [-0.15, -0.1) is 0 Å².